The van der Waals surface area contributed by atoms with Gasteiger partial charge in [0.05, 0.1) is 7.11 Å². The molecule has 0 rings (SSSR count). The molecule has 5 heteroatoms. The Morgan fingerprint density at radius 2 is 1.76 bits per heavy atom. The number of rotatable bonds is 6. The summed E-state index contributed by atoms with van der Waals surface area (Å²) in [5.41, 5.74) is -0.955. The van der Waals surface area contributed by atoms with Crippen LogP contribution in [0.25, 0.3) is 0 Å². The predicted octanol–water partition coefficient (Wildman–Crippen LogP) is 1.12. The summed E-state index contributed by atoms with van der Waals surface area (Å²) in [5.74, 6) is -0.472. The highest BCUT2D eigenvalue weighted by Gasteiger charge is 2.31. The molecular weight excluding hydrogens is 222 g/mol. The summed E-state index contributed by atoms with van der Waals surface area (Å²) < 4.78 is 9.72. The van der Waals surface area contributed by atoms with E-state index in [0.717, 1.165) is 0 Å². The SMILES string of the molecule is COC(=O)C(CC(C)C)NC(=O)C(C)(C)OC. The first-order valence-electron chi connectivity index (χ1n) is 5.68. The van der Waals surface area contributed by atoms with Crippen molar-refractivity contribution in [2.75, 3.05) is 14.2 Å². The number of carbonyl (C=O) groups excluding carboxylic acids is 2. The highest BCUT2D eigenvalue weighted by molar-refractivity contribution is 5.89. The molecule has 0 radical (unpaired) electrons. The van der Waals surface area contributed by atoms with Crippen molar-refractivity contribution in [1.82, 2.24) is 5.32 Å². The van der Waals surface area contributed by atoms with E-state index in [1.807, 2.05) is 13.8 Å². The maximum Gasteiger partial charge on any atom is 0.328 e. The Hall–Kier alpha value is -1.10. The number of esters is 1. The summed E-state index contributed by atoms with van der Waals surface area (Å²) in [6.45, 7) is 7.24. The molecule has 17 heavy (non-hydrogen) atoms. The Kier molecular flexibility index (Phi) is 6.16. The molecule has 1 unspecified atom stereocenters. The molecule has 0 spiro atoms. The summed E-state index contributed by atoms with van der Waals surface area (Å²) in [6.07, 6.45) is 0.540. The third-order valence-corrected chi connectivity index (χ3v) is 2.56. The second-order valence-electron chi connectivity index (χ2n) is 4.89. The van der Waals surface area contributed by atoms with E-state index in [4.69, 9.17) is 4.74 Å². The number of carbonyl (C=O) groups is 2. The van der Waals surface area contributed by atoms with Gasteiger partial charge in [-0.3, -0.25) is 4.79 Å². The van der Waals surface area contributed by atoms with Crippen molar-refractivity contribution < 1.29 is 19.1 Å². The molecule has 0 aromatic heterocycles. The zero-order chi connectivity index (χ0) is 13.6. The number of amides is 1. The molecule has 0 aromatic carbocycles. The Morgan fingerprint density at radius 3 is 2.12 bits per heavy atom. The van der Waals surface area contributed by atoms with Gasteiger partial charge >= 0.3 is 5.97 Å². The van der Waals surface area contributed by atoms with E-state index in [2.05, 4.69) is 10.1 Å². The van der Waals surface area contributed by atoms with Crippen LogP contribution in [-0.2, 0) is 19.1 Å². The van der Waals surface area contributed by atoms with Gasteiger partial charge in [0, 0.05) is 7.11 Å². The summed E-state index contributed by atoms with van der Waals surface area (Å²) in [6, 6.07) is -0.623. The second kappa shape index (κ2) is 6.59. The molecule has 0 aliphatic rings. The number of methoxy groups -OCH3 is 2. The van der Waals surface area contributed by atoms with E-state index in [1.54, 1.807) is 13.8 Å². The highest BCUT2D eigenvalue weighted by Crippen LogP contribution is 2.11. The highest BCUT2D eigenvalue weighted by atomic mass is 16.5. The van der Waals surface area contributed by atoms with Gasteiger partial charge in [0.25, 0.3) is 5.91 Å². The van der Waals surface area contributed by atoms with Crippen molar-refractivity contribution in [2.45, 2.75) is 45.8 Å². The van der Waals surface area contributed by atoms with Crippen molar-refractivity contribution in [3.8, 4) is 0 Å². The second-order valence-corrected chi connectivity index (χ2v) is 4.89. The summed E-state index contributed by atoms with van der Waals surface area (Å²) >= 11 is 0. The molecule has 0 saturated heterocycles. The van der Waals surface area contributed by atoms with Crippen LogP contribution in [0.15, 0.2) is 0 Å². The molecule has 0 heterocycles. The van der Waals surface area contributed by atoms with E-state index in [0.29, 0.717) is 6.42 Å². The van der Waals surface area contributed by atoms with Crippen LogP contribution in [0.1, 0.15) is 34.1 Å². The maximum atomic E-state index is 11.9. The van der Waals surface area contributed by atoms with Crippen molar-refractivity contribution in [2.24, 2.45) is 5.92 Å². The minimum Gasteiger partial charge on any atom is -0.467 e. The maximum absolute atomic E-state index is 11.9. The Balaban J connectivity index is 4.64. The topological polar surface area (TPSA) is 64.6 Å². The minimum atomic E-state index is -0.955. The van der Waals surface area contributed by atoms with Crippen LogP contribution >= 0.6 is 0 Å². The number of nitrogens with one attached hydrogen (secondary N) is 1. The van der Waals surface area contributed by atoms with Crippen LogP contribution in [-0.4, -0.2) is 37.7 Å². The number of hydrogen-bond acceptors (Lipinski definition) is 4. The van der Waals surface area contributed by atoms with Crippen molar-refractivity contribution in [3.63, 3.8) is 0 Å². The smallest absolute Gasteiger partial charge is 0.328 e. The Labute approximate surface area is 103 Å². The molecule has 0 aliphatic heterocycles. The van der Waals surface area contributed by atoms with Gasteiger partial charge in [0.15, 0.2) is 0 Å². The van der Waals surface area contributed by atoms with Gasteiger partial charge in [0.1, 0.15) is 11.6 Å². The monoisotopic (exact) mass is 245 g/mol. The summed E-state index contributed by atoms with van der Waals surface area (Å²) in [5, 5.41) is 2.65. The molecule has 1 amide bonds. The lowest BCUT2D eigenvalue weighted by Gasteiger charge is -2.25. The summed E-state index contributed by atoms with van der Waals surface area (Å²) in [7, 11) is 2.76. The molecule has 5 nitrogen and oxygen atoms in total. The van der Waals surface area contributed by atoms with Crippen molar-refractivity contribution >= 4 is 11.9 Å². The lowest BCUT2D eigenvalue weighted by molar-refractivity contribution is -0.149. The first kappa shape index (κ1) is 15.9. The van der Waals surface area contributed by atoms with Gasteiger partial charge in [-0.2, -0.15) is 0 Å². The van der Waals surface area contributed by atoms with Gasteiger partial charge in [0.2, 0.25) is 0 Å². The molecule has 0 saturated carbocycles. The van der Waals surface area contributed by atoms with Crippen LogP contribution in [0.2, 0.25) is 0 Å². The average Bonchev–Trinajstić information content (AvgIpc) is 2.26. The number of hydrogen-bond donors (Lipinski definition) is 1. The quantitative estimate of drug-likeness (QED) is 0.712. The zero-order valence-corrected chi connectivity index (χ0v) is 11.5. The van der Waals surface area contributed by atoms with Crippen LogP contribution in [0.3, 0.4) is 0 Å². The fourth-order valence-electron chi connectivity index (χ4n) is 1.25. The lowest BCUT2D eigenvalue weighted by Crippen LogP contribution is -2.51. The van der Waals surface area contributed by atoms with Gasteiger partial charge in [-0.05, 0) is 26.2 Å². The molecule has 0 bridgehead atoms. The molecule has 0 aliphatic carbocycles. The first-order chi connectivity index (χ1) is 7.74. The normalized spacial score (nSPS) is 13.4. The van der Waals surface area contributed by atoms with Crippen LogP contribution in [0, 0.1) is 5.92 Å². The molecule has 100 valence electrons. The Bertz CT molecular complexity index is 274. The average molecular weight is 245 g/mol. The Morgan fingerprint density at radius 1 is 1.24 bits per heavy atom. The third kappa shape index (κ3) is 5.17. The van der Waals surface area contributed by atoms with Crippen LogP contribution in [0.4, 0.5) is 0 Å². The van der Waals surface area contributed by atoms with E-state index >= 15 is 0 Å². The number of ether oxygens (including phenoxy) is 2. The first-order valence-corrected chi connectivity index (χ1v) is 5.68. The molecule has 1 N–H and O–H groups in total. The van der Waals surface area contributed by atoms with Gasteiger partial charge < -0.3 is 14.8 Å². The lowest BCUT2D eigenvalue weighted by atomic mass is 10.0. The van der Waals surface area contributed by atoms with E-state index in [-0.39, 0.29) is 11.8 Å². The fraction of sp³-hybridized carbons (Fsp3) is 0.833. The third-order valence-electron chi connectivity index (χ3n) is 2.56. The minimum absolute atomic E-state index is 0.282. The van der Waals surface area contributed by atoms with Crippen molar-refractivity contribution in [3.05, 3.63) is 0 Å². The predicted molar refractivity (Wildman–Crippen MR) is 64.5 cm³/mol. The van der Waals surface area contributed by atoms with Crippen LogP contribution in [0.5, 0.6) is 0 Å². The fourth-order valence-corrected chi connectivity index (χ4v) is 1.25. The van der Waals surface area contributed by atoms with E-state index in [1.165, 1.54) is 14.2 Å². The standard InChI is InChI=1S/C12H23NO4/c1-8(2)7-9(10(14)16-5)13-11(15)12(3,4)17-6/h8-9H,7H2,1-6H3,(H,13,15). The largest absolute Gasteiger partial charge is 0.467 e. The molecule has 1 atom stereocenters. The van der Waals surface area contributed by atoms with Crippen LogP contribution < -0.4 is 5.32 Å². The molecule has 0 fully saturated rings. The zero-order valence-electron chi connectivity index (χ0n) is 11.5. The van der Waals surface area contributed by atoms with Gasteiger partial charge in [-0.25, -0.2) is 4.79 Å². The molecular formula is C12H23NO4. The van der Waals surface area contributed by atoms with Gasteiger partial charge in [-0.1, -0.05) is 13.8 Å². The summed E-state index contributed by atoms with van der Waals surface area (Å²) in [4.78, 5) is 23.4. The molecule has 0 aromatic rings. The van der Waals surface area contributed by atoms with Gasteiger partial charge in [-0.15, -0.1) is 0 Å². The van der Waals surface area contributed by atoms with E-state index in [9.17, 15) is 9.59 Å². The van der Waals surface area contributed by atoms with E-state index < -0.39 is 17.6 Å². The van der Waals surface area contributed by atoms with Crippen molar-refractivity contribution in [1.29, 1.82) is 0 Å².